The Morgan fingerprint density at radius 2 is 2.19 bits per heavy atom. The number of hydrogen-bond acceptors (Lipinski definition) is 4. The molecule has 1 aromatic heterocycles. The number of amides is 1. The van der Waals surface area contributed by atoms with Gasteiger partial charge < -0.3 is 10.2 Å². The molecule has 2 aromatic rings. The number of nitrogens with one attached hydrogen (secondary N) is 1. The molecule has 104 valence electrons. The highest BCUT2D eigenvalue weighted by Gasteiger charge is 2.23. The number of rotatable bonds is 3. The van der Waals surface area contributed by atoms with Crippen molar-refractivity contribution in [2.75, 3.05) is 23.3 Å². The molecule has 0 bridgehead atoms. The molecular formula is C16H14N4O. The third-order valence-corrected chi connectivity index (χ3v) is 3.51. The van der Waals surface area contributed by atoms with E-state index >= 15 is 0 Å². The maximum Gasteiger partial charge on any atom is 0.246 e. The van der Waals surface area contributed by atoms with Crippen LogP contribution in [0.15, 0.2) is 42.6 Å². The number of fused-ring (bicyclic) bond motifs is 1. The minimum atomic E-state index is 0.0318. The minimum absolute atomic E-state index is 0.0318. The molecule has 0 saturated carbocycles. The Hall–Kier alpha value is -2.87. The number of para-hydroxylation sites is 1. The summed E-state index contributed by atoms with van der Waals surface area (Å²) < 4.78 is 0. The average Bonchev–Trinajstić information content (AvgIpc) is 2.97. The lowest BCUT2D eigenvalue weighted by atomic mass is 10.2. The van der Waals surface area contributed by atoms with Crippen LogP contribution in [0.4, 0.5) is 11.4 Å². The summed E-state index contributed by atoms with van der Waals surface area (Å²) >= 11 is 0. The maximum absolute atomic E-state index is 12.3. The van der Waals surface area contributed by atoms with E-state index in [2.05, 4.69) is 16.4 Å². The van der Waals surface area contributed by atoms with Crippen LogP contribution in [0.2, 0.25) is 0 Å². The molecule has 1 N–H and O–H groups in total. The smallest absolute Gasteiger partial charge is 0.246 e. The van der Waals surface area contributed by atoms with Gasteiger partial charge in [0, 0.05) is 12.2 Å². The fraction of sp³-hybridized carbons (Fsp3) is 0.188. The van der Waals surface area contributed by atoms with E-state index in [0.29, 0.717) is 5.69 Å². The first-order valence-corrected chi connectivity index (χ1v) is 6.76. The van der Waals surface area contributed by atoms with Crippen molar-refractivity contribution in [3.63, 3.8) is 0 Å². The van der Waals surface area contributed by atoms with Gasteiger partial charge in [0.05, 0.1) is 18.4 Å². The van der Waals surface area contributed by atoms with Crippen LogP contribution >= 0.6 is 0 Å². The van der Waals surface area contributed by atoms with Crippen LogP contribution < -0.4 is 10.2 Å². The van der Waals surface area contributed by atoms with E-state index < -0.39 is 0 Å². The number of hydrogen-bond donors (Lipinski definition) is 1. The van der Waals surface area contributed by atoms with Gasteiger partial charge in [-0.15, -0.1) is 0 Å². The topological polar surface area (TPSA) is 69.0 Å². The Kier molecular flexibility index (Phi) is 3.52. The van der Waals surface area contributed by atoms with Gasteiger partial charge in [-0.3, -0.25) is 4.79 Å². The highest BCUT2D eigenvalue weighted by atomic mass is 16.2. The summed E-state index contributed by atoms with van der Waals surface area (Å²) in [5, 5.41) is 11.7. The molecule has 5 heteroatoms. The molecule has 0 saturated heterocycles. The largest absolute Gasteiger partial charge is 0.375 e. The number of carbonyl (C=O) groups is 1. The van der Waals surface area contributed by atoms with Gasteiger partial charge in [0.2, 0.25) is 5.91 Å². The predicted molar refractivity (Wildman–Crippen MR) is 79.9 cm³/mol. The second-order valence-electron chi connectivity index (χ2n) is 4.82. The standard InChI is InChI=1S/C16H14N4O/c17-9-13-5-6-14(10-18-13)19-11-16(21)20-8-7-12-3-1-2-4-15(12)20/h1-6,10,19H,7-8,11H2. The monoisotopic (exact) mass is 278 g/mol. The van der Waals surface area contributed by atoms with Crippen LogP contribution in [0.25, 0.3) is 0 Å². The van der Waals surface area contributed by atoms with Gasteiger partial charge >= 0.3 is 0 Å². The Bertz CT molecular complexity index is 703. The molecule has 0 atom stereocenters. The van der Waals surface area contributed by atoms with Crippen molar-refractivity contribution in [1.82, 2.24) is 4.98 Å². The van der Waals surface area contributed by atoms with Gasteiger partial charge in [-0.2, -0.15) is 5.26 Å². The molecular weight excluding hydrogens is 264 g/mol. The van der Waals surface area contributed by atoms with Crippen LogP contribution in [-0.4, -0.2) is 24.0 Å². The molecule has 0 aliphatic carbocycles. The first-order chi connectivity index (χ1) is 10.3. The van der Waals surface area contributed by atoms with Crippen LogP contribution in [0, 0.1) is 11.3 Å². The number of aromatic nitrogens is 1. The summed E-state index contributed by atoms with van der Waals surface area (Å²) in [5.41, 5.74) is 3.31. The number of anilines is 2. The van der Waals surface area contributed by atoms with Gasteiger partial charge in [-0.05, 0) is 30.2 Å². The van der Waals surface area contributed by atoms with Crippen molar-refractivity contribution in [1.29, 1.82) is 5.26 Å². The third-order valence-electron chi connectivity index (χ3n) is 3.51. The molecule has 21 heavy (non-hydrogen) atoms. The fourth-order valence-corrected chi connectivity index (χ4v) is 2.43. The second kappa shape index (κ2) is 5.63. The van der Waals surface area contributed by atoms with Crippen molar-refractivity contribution in [2.24, 2.45) is 0 Å². The van der Waals surface area contributed by atoms with Gasteiger partial charge in [-0.25, -0.2) is 4.98 Å². The first kappa shape index (κ1) is 13.1. The highest BCUT2D eigenvalue weighted by molar-refractivity contribution is 5.97. The zero-order valence-electron chi connectivity index (χ0n) is 11.4. The van der Waals surface area contributed by atoms with Crippen molar-refractivity contribution >= 4 is 17.3 Å². The molecule has 3 rings (SSSR count). The molecule has 5 nitrogen and oxygen atoms in total. The highest BCUT2D eigenvalue weighted by Crippen LogP contribution is 2.27. The molecule has 1 aliphatic heterocycles. The van der Waals surface area contributed by atoms with Crippen molar-refractivity contribution < 1.29 is 4.79 Å². The normalized spacial score (nSPS) is 12.6. The van der Waals surface area contributed by atoms with E-state index in [-0.39, 0.29) is 12.5 Å². The van der Waals surface area contributed by atoms with E-state index in [0.717, 1.165) is 24.3 Å². The number of carbonyl (C=O) groups excluding carboxylic acids is 1. The Morgan fingerprint density at radius 3 is 2.95 bits per heavy atom. The van der Waals surface area contributed by atoms with Crippen LogP contribution in [0.1, 0.15) is 11.3 Å². The van der Waals surface area contributed by atoms with Gasteiger partial charge in [0.25, 0.3) is 0 Å². The van der Waals surface area contributed by atoms with Gasteiger partial charge in [0.1, 0.15) is 11.8 Å². The number of nitrogens with zero attached hydrogens (tertiary/aromatic N) is 3. The quantitative estimate of drug-likeness (QED) is 0.931. The number of nitriles is 1. The molecule has 0 fully saturated rings. The first-order valence-electron chi connectivity index (χ1n) is 6.76. The van der Waals surface area contributed by atoms with Crippen LogP contribution in [-0.2, 0) is 11.2 Å². The summed E-state index contributed by atoms with van der Waals surface area (Å²) in [4.78, 5) is 18.1. The Labute approximate surface area is 122 Å². The molecule has 1 amide bonds. The lowest BCUT2D eigenvalue weighted by molar-refractivity contribution is -0.116. The average molecular weight is 278 g/mol. The fourth-order valence-electron chi connectivity index (χ4n) is 2.43. The van der Waals surface area contributed by atoms with E-state index in [1.807, 2.05) is 24.3 Å². The maximum atomic E-state index is 12.3. The molecule has 0 spiro atoms. The molecule has 1 aliphatic rings. The Morgan fingerprint density at radius 1 is 1.33 bits per heavy atom. The van der Waals surface area contributed by atoms with Crippen LogP contribution in [0.3, 0.4) is 0 Å². The minimum Gasteiger partial charge on any atom is -0.375 e. The predicted octanol–water partition coefficient (Wildman–Crippen LogP) is 1.95. The molecule has 1 aromatic carbocycles. The summed E-state index contributed by atoms with van der Waals surface area (Å²) in [7, 11) is 0. The van der Waals surface area contributed by atoms with E-state index in [9.17, 15) is 4.79 Å². The summed E-state index contributed by atoms with van der Waals surface area (Å²) in [6, 6.07) is 13.3. The van der Waals surface area contributed by atoms with Crippen molar-refractivity contribution in [3.05, 3.63) is 53.9 Å². The number of pyridine rings is 1. The van der Waals surface area contributed by atoms with Crippen LogP contribution in [0.5, 0.6) is 0 Å². The van der Waals surface area contributed by atoms with Gasteiger partial charge in [0.15, 0.2) is 0 Å². The summed E-state index contributed by atoms with van der Waals surface area (Å²) in [6.45, 7) is 0.938. The van der Waals surface area contributed by atoms with E-state index in [1.54, 1.807) is 23.2 Å². The van der Waals surface area contributed by atoms with Gasteiger partial charge in [-0.1, -0.05) is 18.2 Å². The zero-order valence-corrected chi connectivity index (χ0v) is 11.4. The van der Waals surface area contributed by atoms with Crippen molar-refractivity contribution in [3.8, 4) is 6.07 Å². The molecule has 0 unspecified atom stereocenters. The zero-order chi connectivity index (χ0) is 14.7. The van der Waals surface area contributed by atoms with E-state index in [4.69, 9.17) is 5.26 Å². The molecule has 0 radical (unpaired) electrons. The van der Waals surface area contributed by atoms with E-state index in [1.165, 1.54) is 5.56 Å². The summed E-state index contributed by atoms with van der Waals surface area (Å²) in [5.74, 6) is 0.0318. The molecule has 2 heterocycles. The SMILES string of the molecule is N#Cc1ccc(NCC(=O)N2CCc3ccccc32)cn1. The summed E-state index contributed by atoms with van der Waals surface area (Å²) in [6.07, 6.45) is 2.46. The lowest BCUT2D eigenvalue weighted by Crippen LogP contribution is -2.34. The second-order valence-corrected chi connectivity index (χ2v) is 4.82. The lowest BCUT2D eigenvalue weighted by Gasteiger charge is -2.17. The van der Waals surface area contributed by atoms with Crippen molar-refractivity contribution in [2.45, 2.75) is 6.42 Å². The Balaban J connectivity index is 1.64. The third kappa shape index (κ3) is 2.70. The number of benzene rings is 1.